The van der Waals surface area contributed by atoms with Crippen LogP contribution in [0.1, 0.15) is 38.5 Å². The maximum absolute atomic E-state index is 11.9. The summed E-state index contributed by atoms with van der Waals surface area (Å²) >= 11 is 0. The molecule has 1 aliphatic heterocycles. The van der Waals surface area contributed by atoms with Gasteiger partial charge in [0.2, 0.25) is 5.91 Å². The van der Waals surface area contributed by atoms with E-state index < -0.39 is 12.2 Å². The molecule has 4 N–H and O–H groups in total. The van der Waals surface area contributed by atoms with Crippen LogP contribution in [-0.4, -0.2) is 52.4 Å². The number of aliphatic hydroxyl groups excluding tert-OH is 2. The third kappa shape index (κ3) is 3.43. The van der Waals surface area contributed by atoms with E-state index >= 15 is 0 Å². The van der Waals surface area contributed by atoms with Gasteiger partial charge in [-0.25, -0.2) is 0 Å². The van der Waals surface area contributed by atoms with Gasteiger partial charge in [-0.05, 0) is 25.2 Å². The lowest BCUT2D eigenvalue weighted by Gasteiger charge is -2.27. The molecule has 0 aromatic carbocycles. The lowest BCUT2D eigenvalue weighted by Crippen LogP contribution is -2.31. The summed E-state index contributed by atoms with van der Waals surface area (Å²) in [4.78, 5) is 13.5. The van der Waals surface area contributed by atoms with Crippen LogP contribution < -0.4 is 5.73 Å². The van der Waals surface area contributed by atoms with Crippen molar-refractivity contribution in [3.05, 3.63) is 0 Å². The summed E-state index contributed by atoms with van der Waals surface area (Å²) in [6.07, 6.45) is 4.31. The van der Waals surface area contributed by atoms with Gasteiger partial charge in [0.05, 0.1) is 12.2 Å². The van der Waals surface area contributed by atoms with E-state index in [1.165, 1.54) is 12.8 Å². The van der Waals surface area contributed by atoms with Crippen LogP contribution in [0.15, 0.2) is 0 Å². The molecule has 4 atom stereocenters. The third-order valence-corrected chi connectivity index (χ3v) is 4.20. The van der Waals surface area contributed by atoms with Crippen molar-refractivity contribution in [1.82, 2.24) is 4.90 Å². The Morgan fingerprint density at radius 3 is 2.50 bits per heavy atom. The van der Waals surface area contributed by atoms with Gasteiger partial charge < -0.3 is 20.8 Å². The molecule has 2 fully saturated rings. The number of hydrogen-bond acceptors (Lipinski definition) is 4. The summed E-state index contributed by atoms with van der Waals surface area (Å²) < 4.78 is 0. The van der Waals surface area contributed by atoms with Crippen LogP contribution in [-0.2, 0) is 4.79 Å². The molecule has 104 valence electrons. The van der Waals surface area contributed by atoms with Gasteiger partial charge >= 0.3 is 0 Å². The van der Waals surface area contributed by atoms with E-state index in [0.29, 0.717) is 18.4 Å². The summed E-state index contributed by atoms with van der Waals surface area (Å²) in [6, 6.07) is 0.300. The number of rotatable bonds is 3. The minimum Gasteiger partial charge on any atom is -0.388 e. The smallest absolute Gasteiger partial charge is 0.222 e. The largest absolute Gasteiger partial charge is 0.388 e. The van der Waals surface area contributed by atoms with Gasteiger partial charge in [0.15, 0.2) is 0 Å². The Hall–Kier alpha value is -0.650. The molecule has 5 nitrogen and oxygen atoms in total. The lowest BCUT2D eigenvalue weighted by atomic mass is 9.83. The molecule has 1 saturated heterocycles. The van der Waals surface area contributed by atoms with Crippen molar-refractivity contribution in [3.8, 4) is 0 Å². The van der Waals surface area contributed by atoms with Gasteiger partial charge in [0.25, 0.3) is 0 Å². The normalized spacial score (nSPS) is 36.9. The monoisotopic (exact) mass is 256 g/mol. The number of amides is 1. The minimum absolute atomic E-state index is 0.0461. The second kappa shape index (κ2) is 5.99. The molecule has 0 spiro atoms. The molecule has 1 amide bonds. The number of hydrogen-bond donors (Lipinski definition) is 3. The highest BCUT2D eigenvalue weighted by molar-refractivity contribution is 5.76. The number of nitrogens with zero attached hydrogens (tertiary/aromatic N) is 1. The molecule has 2 rings (SSSR count). The van der Waals surface area contributed by atoms with Crippen molar-refractivity contribution in [2.24, 2.45) is 11.7 Å². The third-order valence-electron chi connectivity index (χ3n) is 4.20. The number of likely N-dealkylation sites (tertiary alicyclic amines) is 1. The number of carbonyl (C=O) groups is 1. The fourth-order valence-corrected chi connectivity index (χ4v) is 3.05. The molecule has 1 aliphatic carbocycles. The molecule has 18 heavy (non-hydrogen) atoms. The Bertz CT molecular complexity index is 288. The van der Waals surface area contributed by atoms with Gasteiger partial charge in [-0.15, -0.1) is 0 Å². The molecule has 0 radical (unpaired) electrons. The zero-order valence-electron chi connectivity index (χ0n) is 10.8. The Labute approximate surface area is 108 Å². The Morgan fingerprint density at radius 1 is 1.22 bits per heavy atom. The summed E-state index contributed by atoms with van der Waals surface area (Å²) in [5.74, 6) is 0.611. The summed E-state index contributed by atoms with van der Waals surface area (Å²) in [7, 11) is 0. The molecule has 0 aromatic heterocycles. The van der Waals surface area contributed by atoms with Crippen LogP contribution in [0.3, 0.4) is 0 Å². The van der Waals surface area contributed by atoms with E-state index in [0.717, 1.165) is 19.3 Å². The molecule has 0 aromatic rings. The van der Waals surface area contributed by atoms with Crippen LogP contribution in [0, 0.1) is 5.92 Å². The SMILES string of the molecule is NC1CCCC(CCC(=O)N2CC(O)C(O)C2)C1. The summed E-state index contributed by atoms with van der Waals surface area (Å²) in [6.45, 7) is 0.536. The molecule has 2 aliphatic rings. The van der Waals surface area contributed by atoms with Crippen molar-refractivity contribution >= 4 is 5.91 Å². The molecular weight excluding hydrogens is 232 g/mol. The topological polar surface area (TPSA) is 86.8 Å². The van der Waals surface area contributed by atoms with Gasteiger partial charge in [-0.1, -0.05) is 12.8 Å². The van der Waals surface area contributed by atoms with E-state index in [4.69, 9.17) is 5.73 Å². The predicted octanol–water partition coefficient (Wildman–Crippen LogP) is -0.152. The van der Waals surface area contributed by atoms with Crippen LogP contribution in [0.2, 0.25) is 0 Å². The average Bonchev–Trinajstić information content (AvgIpc) is 2.67. The minimum atomic E-state index is -0.781. The number of aliphatic hydroxyl groups is 2. The highest BCUT2D eigenvalue weighted by atomic mass is 16.3. The van der Waals surface area contributed by atoms with Crippen LogP contribution in [0.25, 0.3) is 0 Å². The Balaban J connectivity index is 1.71. The van der Waals surface area contributed by atoms with E-state index in [-0.39, 0.29) is 19.0 Å². The van der Waals surface area contributed by atoms with Gasteiger partial charge in [0.1, 0.15) is 0 Å². The molecule has 5 heteroatoms. The van der Waals surface area contributed by atoms with E-state index in [9.17, 15) is 15.0 Å². The van der Waals surface area contributed by atoms with Crippen molar-refractivity contribution in [3.63, 3.8) is 0 Å². The quantitative estimate of drug-likeness (QED) is 0.655. The van der Waals surface area contributed by atoms with Crippen LogP contribution in [0.5, 0.6) is 0 Å². The van der Waals surface area contributed by atoms with Crippen LogP contribution in [0.4, 0.5) is 0 Å². The summed E-state index contributed by atoms with van der Waals surface area (Å²) in [5, 5.41) is 18.8. The molecule has 1 saturated carbocycles. The Kier molecular flexibility index (Phi) is 4.59. The van der Waals surface area contributed by atoms with Crippen molar-refractivity contribution in [2.45, 2.75) is 56.8 Å². The lowest BCUT2D eigenvalue weighted by molar-refractivity contribution is -0.131. The maximum Gasteiger partial charge on any atom is 0.222 e. The zero-order valence-corrected chi connectivity index (χ0v) is 10.8. The van der Waals surface area contributed by atoms with Gasteiger partial charge in [0, 0.05) is 25.6 Å². The molecule has 0 bridgehead atoms. The van der Waals surface area contributed by atoms with Gasteiger partial charge in [-0.2, -0.15) is 0 Å². The number of nitrogens with two attached hydrogens (primary N) is 1. The fourth-order valence-electron chi connectivity index (χ4n) is 3.05. The van der Waals surface area contributed by atoms with Crippen molar-refractivity contribution in [2.75, 3.05) is 13.1 Å². The van der Waals surface area contributed by atoms with Crippen LogP contribution >= 0.6 is 0 Å². The van der Waals surface area contributed by atoms with Gasteiger partial charge in [-0.3, -0.25) is 4.79 Å². The Morgan fingerprint density at radius 2 is 1.89 bits per heavy atom. The number of carbonyl (C=O) groups excluding carboxylic acids is 1. The first-order valence-corrected chi connectivity index (χ1v) is 6.95. The van der Waals surface area contributed by atoms with E-state index in [1.807, 2.05) is 0 Å². The second-order valence-electron chi connectivity index (χ2n) is 5.76. The van der Waals surface area contributed by atoms with E-state index in [1.54, 1.807) is 4.90 Å². The standard InChI is InChI=1S/C13H24N2O3/c14-10-3-1-2-9(6-10)4-5-13(18)15-7-11(16)12(17)8-15/h9-12,16-17H,1-8,14H2. The van der Waals surface area contributed by atoms with Crippen molar-refractivity contribution in [1.29, 1.82) is 0 Å². The first-order valence-electron chi connectivity index (χ1n) is 6.95. The highest BCUT2D eigenvalue weighted by Gasteiger charge is 2.32. The second-order valence-corrected chi connectivity index (χ2v) is 5.76. The summed E-state index contributed by atoms with van der Waals surface area (Å²) in [5.41, 5.74) is 5.93. The highest BCUT2D eigenvalue weighted by Crippen LogP contribution is 2.27. The fraction of sp³-hybridized carbons (Fsp3) is 0.923. The first-order chi connectivity index (χ1) is 8.56. The number of β-amino-alcohol motifs (C(OH)–C–C–N with tert-alkyl or cyclic N) is 2. The maximum atomic E-state index is 11.9. The molecule has 4 unspecified atom stereocenters. The van der Waals surface area contributed by atoms with Crippen molar-refractivity contribution < 1.29 is 15.0 Å². The first kappa shape index (κ1) is 13.8. The predicted molar refractivity (Wildman–Crippen MR) is 67.8 cm³/mol. The average molecular weight is 256 g/mol. The van der Waals surface area contributed by atoms with E-state index in [2.05, 4.69) is 0 Å². The molecule has 1 heterocycles. The molecular formula is C13H24N2O3. The zero-order chi connectivity index (χ0) is 13.1.